The Bertz CT molecular complexity index is 163. The first-order valence-electron chi connectivity index (χ1n) is 2.71. The molecule has 0 aromatic carbocycles. The van der Waals surface area contributed by atoms with Crippen molar-refractivity contribution in [3.63, 3.8) is 0 Å². The Morgan fingerprint density at radius 1 is 1.00 bits per heavy atom. The zero-order valence-electron chi connectivity index (χ0n) is 5.59. The van der Waals surface area contributed by atoms with Gasteiger partial charge in [-0.3, -0.25) is 0 Å². The van der Waals surface area contributed by atoms with Crippen molar-refractivity contribution in [2.45, 2.75) is 6.18 Å². The average molecular weight is 194 g/mol. The third-order valence-corrected chi connectivity index (χ3v) is 0.619. The maximum atomic E-state index is 11.0. The van der Waals surface area contributed by atoms with Crippen LogP contribution in [0.3, 0.4) is 0 Å². The lowest BCUT2D eigenvalue weighted by atomic mass is 10.6. The maximum Gasteiger partial charge on any atom is 0.448 e. The fourth-order valence-corrected chi connectivity index (χ4v) is 0.107. The van der Waals surface area contributed by atoms with E-state index in [2.05, 4.69) is 4.74 Å². The molecule has 1 nitrogen and oxygen atoms in total. The molecule has 0 amide bonds. The number of allylic oxidation sites excluding steroid dienone is 1. The van der Waals surface area contributed by atoms with Crippen LogP contribution in [0, 0.1) is 0 Å². The zero-order chi connectivity index (χ0) is 9.78. The third-order valence-electron chi connectivity index (χ3n) is 0.619. The standard InChI is InChI=1S/C3F6.C2H4O/c4-1(2(5)6)3(7,8)9;1-2-3-1/h;1-2H2. The van der Waals surface area contributed by atoms with Gasteiger partial charge in [-0.15, -0.1) is 0 Å². The Morgan fingerprint density at radius 3 is 1.33 bits per heavy atom. The second-order valence-electron chi connectivity index (χ2n) is 1.68. The highest BCUT2D eigenvalue weighted by molar-refractivity contribution is 4.98. The van der Waals surface area contributed by atoms with Gasteiger partial charge in [0.25, 0.3) is 5.83 Å². The van der Waals surface area contributed by atoms with Crippen LogP contribution in [-0.2, 0) is 4.74 Å². The van der Waals surface area contributed by atoms with Gasteiger partial charge < -0.3 is 4.74 Å². The fourth-order valence-electron chi connectivity index (χ4n) is 0.107. The molecule has 1 rings (SSSR count). The largest absolute Gasteiger partial charge is 0.448 e. The van der Waals surface area contributed by atoms with Crippen LogP contribution in [0.1, 0.15) is 0 Å². The molecule has 72 valence electrons. The van der Waals surface area contributed by atoms with Crippen LogP contribution < -0.4 is 0 Å². The predicted octanol–water partition coefficient (Wildman–Crippen LogP) is 2.64. The van der Waals surface area contributed by atoms with Crippen LogP contribution in [0.25, 0.3) is 0 Å². The molecule has 12 heavy (non-hydrogen) atoms. The van der Waals surface area contributed by atoms with Crippen molar-refractivity contribution in [1.82, 2.24) is 0 Å². The minimum absolute atomic E-state index is 1.00. The van der Waals surface area contributed by atoms with Crippen molar-refractivity contribution < 1.29 is 31.1 Å². The molecule has 0 bridgehead atoms. The first-order valence-corrected chi connectivity index (χ1v) is 2.71. The van der Waals surface area contributed by atoms with E-state index in [1.807, 2.05) is 0 Å². The molecule has 0 atom stereocenters. The summed E-state index contributed by atoms with van der Waals surface area (Å²) in [5.41, 5.74) is 0. The highest BCUT2D eigenvalue weighted by Gasteiger charge is 2.38. The van der Waals surface area contributed by atoms with Crippen LogP contribution >= 0.6 is 0 Å². The van der Waals surface area contributed by atoms with Gasteiger partial charge in [0.15, 0.2) is 0 Å². The summed E-state index contributed by atoms with van der Waals surface area (Å²) in [4.78, 5) is 0. The van der Waals surface area contributed by atoms with Crippen LogP contribution in [0.4, 0.5) is 26.3 Å². The summed E-state index contributed by atoms with van der Waals surface area (Å²) in [6.45, 7) is 2.00. The summed E-state index contributed by atoms with van der Waals surface area (Å²) in [7, 11) is 0. The molecule has 0 radical (unpaired) electrons. The molecule has 1 aliphatic rings. The van der Waals surface area contributed by atoms with E-state index in [-0.39, 0.29) is 0 Å². The fraction of sp³-hybridized carbons (Fsp3) is 0.600. The molecule has 0 N–H and O–H groups in total. The van der Waals surface area contributed by atoms with Crippen molar-refractivity contribution in [1.29, 1.82) is 0 Å². The van der Waals surface area contributed by atoms with Crippen molar-refractivity contribution in [2.24, 2.45) is 0 Å². The van der Waals surface area contributed by atoms with Crippen molar-refractivity contribution in [3.8, 4) is 0 Å². The van der Waals surface area contributed by atoms with Crippen molar-refractivity contribution in [2.75, 3.05) is 13.2 Å². The molecule has 0 unspecified atom stereocenters. The molecular formula is C5H4F6O. The van der Waals surface area contributed by atoms with Gasteiger partial charge in [-0.1, -0.05) is 0 Å². The molecule has 1 aliphatic heterocycles. The van der Waals surface area contributed by atoms with Gasteiger partial charge in [0.05, 0.1) is 13.2 Å². The first-order chi connectivity index (χ1) is 5.35. The van der Waals surface area contributed by atoms with E-state index in [9.17, 15) is 26.3 Å². The molecule has 0 aromatic rings. The number of hydrogen-bond donors (Lipinski definition) is 0. The van der Waals surface area contributed by atoms with Crippen LogP contribution in [-0.4, -0.2) is 19.4 Å². The summed E-state index contributed by atoms with van der Waals surface area (Å²) in [5.74, 6) is -3.33. The van der Waals surface area contributed by atoms with Gasteiger partial charge in [-0.25, -0.2) is 0 Å². The van der Waals surface area contributed by atoms with Crippen LogP contribution in [0.15, 0.2) is 11.9 Å². The first kappa shape index (κ1) is 11.3. The SMILES string of the molecule is C1CO1.FC(F)=C(F)C(F)(F)F. The van der Waals surface area contributed by atoms with E-state index in [4.69, 9.17) is 0 Å². The van der Waals surface area contributed by atoms with Crippen molar-refractivity contribution >= 4 is 0 Å². The molecule has 1 fully saturated rings. The summed E-state index contributed by atoms with van der Waals surface area (Å²) in [5, 5.41) is 0. The molecule has 0 aromatic heterocycles. The second kappa shape index (κ2) is 4.34. The Kier molecular flexibility index (Phi) is 4.08. The summed E-state index contributed by atoms with van der Waals surface area (Å²) in [6.07, 6.45) is -8.90. The number of rotatable bonds is 0. The average Bonchev–Trinajstić information content (AvgIpc) is 2.67. The molecule has 1 saturated heterocycles. The Morgan fingerprint density at radius 2 is 1.33 bits per heavy atom. The smallest absolute Gasteiger partial charge is 0.377 e. The highest BCUT2D eigenvalue weighted by atomic mass is 19.4. The van der Waals surface area contributed by atoms with Crippen LogP contribution in [0.5, 0.6) is 0 Å². The van der Waals surface area contributed by atoms with Gasteiger partial charge in [0.2, 0.25) is 0 Å². The van der Waals surface area contributed by atoms with E-state index in [0.717, 1.165) is 13.2 Å². The zero-order valence-corrected chi connectivity index (χ0v) is 5.59. The Labute approximate surface area is 63.6 Å². The second-order valence-corrected chi connectivity index (χ2v) is 1.68. The van der Waals surface area contributed by atoms with E-state index in [1.54, 1.807) is 0 Å². The van der Waals surface area contributed by atoms with E-state index < -0.39 is 18.1 Å². The lowest BCUT2D eigenvalue weighted by Gasteiger charge is -1.98. The molecule has 1 heterocycles. The van der Waals surface area contributed by atoms with E-state index >= 15 is 0 Å². The topological polar surface area (TPSA) is 12.5 Å². The number of alkyl halides is 3. The number of ether oxygens (including phenoxy) is 1. The maximum absolute atomic E-state index is 11.0. The Hall–Kier alpha value is -0.720. The molecule has 7 heteroatoms. The third kappa shape index (κ3) is 6.02. The minimum Gasteiger partial charge on any atom is -0.377 e. The minimum atomic E-state index is -5.56. The molecule has 0 aliphatic carbocycles. The van der Waals surface area contributed by atoms with Gasteiger partial charge in [-0.2, -0.15) is 26.3 Å². The van der Waals surface area contributed by atoms with Crippen LogP contribution in [0.2, 0.25) is 0 Å². The lowest BCUT2D eigenvalue weighted by molar-refractivity contribution is -0.113. The normalized spacial score (nSPS) is 14.5. The predicted molar refractivity (Wildman–Crippen MR) is 27.2 cm³/mol. The quantitative estimate of drug-likeness (QED) is 0.426. The van der Waals surface area contributed by atoms with E-state index in [0.29, 0.717) is 0 Å². The Balaban J connectivity index is 0.000000330. The lowest BCUT2D eigenvalue weighted by Crippen LogP contribution is -2.08. The summed E-state index contributed by atoms with van der Waals surface area (Å²) >= 11 is 0. The number of epoxide rings is 1. The van der Waals surface area contributed by atoms with Gasteiger partial charge in [0.1, 0.15) is 0 Å². The highest BCUT2D eigenvalue weighted by Crippen LogP contribution is 2.29. The van der Waals surface area contributed by atoms with Crippen molar-refractivity contribution in [3.05, 3.63) is 11.9 Å². The summed E-state index contributed by atoms with van der Waals surface area (Å²) < 4.78 is 69.3. The number of hydrogen-bond acceptors (Lipinski definition) is 1. The molecular weight excluding hydrogens is 190 g/mol. The molecule has 0 spiro atoms. The van der Waals surface area contributed by atoms with Gasteiger partial charge in [-0.05, 0) is 0 Å². The monoisotopic (exact) mass is 194 g/mol. The number of halogens is 6. The summed E-state index contributed by atoms with van der Waals surface area (Å²) in [6, 6.07) is 0. The van der Waals surface area contributed by atoms with Gasteiger partial charge >= 0.3 is 12.3 Å². The molecule has 0 saturated carbocycles. The van der Waals surface area contributed by atoms with Gasteiger partial charge in [0, 0.05) is 0 Å². The van der Waals surface area contributed by atoms with E-state index in [1.165, 1.54) is 0 Å².